The molecule has 2 aromatic carbocycles. The number of carboxylic acids is 1. The molecule has 0 atom stereocenters. The summed E-state index contributed by atoms with van der Waals surface area (Å²) < 4.78 is 47.9. The molecular formula is C18H16FN3O5S. The first-order chi connectivity index (χ1) is 13.3. The van der Waals surface area contributed by atoms with Crippen molar-refractivity contribution in [2.45, 2.75) is 11.8 Å². The van der Waals surface area contributed by atoms with Gasteiger partial charge in [-0.1, -0.05) is 18.2 Å². The first-order valence-corrected chi connectivity index (χ1v) is 9.53. The lowest BCUT2D eigenvalue weighted by atomic mass is 10.3. The maximum atomic E-state index is 14.0. The van der Waals surface area contributed by atoms with Gasteiger partial charge >= 0.3 is 5.97 Å². The Morgan fingerprint density at radius 1 is 1.25 bits per heavy atom. The summed E-state index contributed by atoms with van der Waals surface area (Å²) in [6, 6.07) is 12.1. The van der Waals surface area contributed by atoms with E-state index in [-0.39, 0.29) is 16.3 Å². The van der Waals surface area contributed by atoms with Crippen LogP contribution < -0.4 is 9.46 Å². The number of aryl methyl sites for hydroxylation is 1. The number of aromatic nitrogens is 2. The van der Waals surface area contributed by atoms with E-state index in [0.717, 1.165) is 23.9 Å². The first-order valence-electron chi connectivity index (χ1n) is 8.05. The number of hydrogen-bond acceptors (Lipinski definition) is 5. The lowest BCUT2D eigenvalue weighted by Crippen LogP contribution is -2.14. The average Bonchev–Trinajstić information content (AvgIpc) is 3.01. The summed E-state index contributed by atoms with van der Waals surface area (Å²) in [7, 11) is -4.09. The number of carbonyl (C=O) groups is 1. The SMILES string of the molecule is Cc1nn(-c2ccccc2)cc1NS(=O)(=O)c1ccc(OCC(=O)O)c(F)c1. The Labute approximate surface area is 160 Å². The summed E-state index contributed by atoms with van der Waals surface area (Å²) in [5.41, 5.74) is 1.44. The summed E-state index contributed by atoms with van der Waals surface area (Å²) in [4.78, 5) is 10.2. The van der Waals surface area contributed by atoms with Gasteiger partial charge in [0.05, 0.1) is 28.2 Å². The second-order valence-corrected chi connectivity index (χ2v) is 7.47. The lowest BCUT2D eigenvalue weighted by molar-refractivity contribution is -0.139. The van der Waals surface area contributed by atoms with Gasteiger partial charge in [-0.05, 0) is 37.3 Å². The van der Waals surface area contributed by atoms with E-state index in [1.807, 2.05) is 30.3 Å². The highest BCUT2D eigenvalue weighted by atomic mass is 32.2. The minimum Gasteiger partial charge on any atom is -0.479 e. The van der Waals surface area contributed by atoms with E-state index in [4.69, 9.17) is 9.84 Å². The second kappa shape index (κ2) is 7.69. The third kappa shape index (κ3) is 4.29. The van der Waals surface area contributed by atoms with Crippen LogP contribution >= 0.6 is 0 Å². The van der Waals surface area contributed by atoms with Crippen molar-refractivity contribution in [1.82, 2.24) is 9.78 Å². The van der Waals surface area contributed by atoms with Crippen LogP contribution in [0.25, 0.3) is 5.69 Å². The number of hydrogen-bond donors (Lipinski definition) is 2. The quantitative estimate of drug-likeness (QED) is 0.625. The van der Waals surface area contributed by atoms with Crippen molar-refractivity contribution in [2.75, 3.05) is 11.3 Å². The third-order valence-electron chi connectivity index (χ3n) is 3.73. The molecule has 0 fully saturated rings. The Kier molecular flexibility index (Phi) is 5.32. The van der Waals surface area contributed by atoms with Crippen molar-refractivity contribution in [3.8, 4) is 11.4 Å². The summed E-state index contributed by atoms with van der Waals surface area (Å²) in [5, 5.41) is 12.8. The molecule has 146 valence electrons. The molecule has 2 N–H and O–H groups in total. The molecule has 0 saturated heterocycles. The molecule has 0 aliphatic heterocycles. The van der Waals surface area contributed by atoms with Crippen molar-refractivity contribution in [1.29, 1.82) is 0 Å². The molecule has 0 saturated carbocycles. The van der Waals surface area contributed by atoms with Crippen LogP contribution in [0.3, 0.4) is 0 Å². The second-order valence-electron chi connectivity index (χ2n) is 5.79. The highest BCUT2D eigenvalue weighted by Gasteiger charge is 2.20. The van der Waals surface area contributed by atoms with Gasteiger partial charge in [0.2, 0.25) is 0 Å². The maximum absolute atomic E-state index is 14.0. The van der Waals surface area contributed by atoms with Gasteiger partial charge in [0, 0.05) is 0 Å². The zero-order valence-electron chi connectivity index (χ0n) is 14.7. The predicted octanol–water partition coefficient (Wildman–Crippen LogP) is 2.58. The number of halogens is 1. The minimum atomic E-state index is -4.09. The van der Waals surface area contributed by atoms with E-state index < -0.39 is 28.4 Å². The molecule has 0 bridgehead atoms. The van der Waals surface area contributed by atoms with Gasteiger partial charge in [-0.3, -0.25) is 4.72 Å². The number of rotatable bonds is 7. The summed E-state index contributed by atoms with van der Waals surface area (Å²) in [6.07, 6.45) is 1.52. The van der Waals surface area contributed by atoms with Gasteiger partial charge in [0.15, 0.2) is 18.2 Å². The van der Waals surface area contributed by atoms with Gasteiger partial charge in [-0.2, -0.15) is 5.10 Å². The van der Waals surface area contributed by atoms with Crippen LogP contribution in [0.4, 0.5) is 10.1 Å². The molecule has 1 heterocycles. The fraction of sp³-hybridized carbons (Fsp3) is 0.111. The molecular weight excluding hydrogens is 389 g/mol. The van der Waals surface area contributed by atoms with Crippen LogP contribution in [0.2, 0.25) is 0 Å². The zero-order valence-corrected chi connectivity index (χ0v) is 15.5. The minimum absolute atomic E-state index is 0.246. The number of nitrogens with one attached hydrogen (secondary N) is 1. The van der Waals surface area contributed by atoms with Gasteiger partial charge in [0.25, 0.3) is 10.0 Å². The smallest absolute Gasteiger partial charge is 0.341 e. The van der Waals surface area contributed by atoms with Crippen molar-refractivity contribution in [3.63, 3.8) is 0 Å². The molecule has 3 rings (SSSR count). The summed E-state index contributed by atoms with van der Waals surface area (Å²) in [6.45, 7) is 0.903. The van der Waals surface area contributed by atoms with Crippen LogP contribution in [0.15, 0.2) is 59.6 Å². The normalized spacial score (nSPS) is 11.2. The Balaban J connectivity index is 1.83. The van der Waals surface area contributed by atoms with Gasteiger partial charge in [-0.15, -0.1) is 0 Å². The van der Waals surface area contributed by atoms with Crippen LogP contribution in [0, 0.1) is 12.7 Å². The Morgan fingerprint density at radius 2 is 1.96 bits per heavy atom. The molecule has 0 aliphatic carbocycles. The Hall–Kier alpha value is -3.40. The highest BCUT2D eigenvalue weighted by Crippen LogP contribution is 2.24. The number of nitrogens with zero attached hydrogens (tertiary/aromatic N) is 2. The number of carboxylic acid groups (broad SMARTS) is 1. The van der Waals surface area contributed by atoms with E-state index in [0.29, 0.717) is 5.69 Å². The Bertz CT molecular complexity index is 1110. The lowest BCUT2D eigenvalue weighted by Gasteiger charge is -2.09. The molecule has 8 nitrogen and oxygen atoms in total. The molecule has 1 aromatic heterocycles. The highest BCUT2D eigenvalue weighted by molar-refractivity contribution is 7.92. The van der Waals surface area contributed by atoms with Crippen molar-refractivity contribution in [3.05, 3.63) is 66.2 Å². The largest absolute Gasteiger partial charge is 0.479 e. The molecule has 28 heavy (non-hydrogen) atoms. The third-order valence-corrected chi connectivity index (χ3v) is 5.09. The fourth-order valence-electron chi connectivity index (χ4n) is 2.38. The number of anilines is 1. The Morgan fingerprint density at radius 3 is 2.61 bits per heavy atom. The standard InChI is InChI=1S/C18H16FN3O5S/c1-12-16(10-22(20-12)13-5-3-2-4-6-13)21-28(25,26)14-7-8-17(15(19)9-14)27-11-18(23)24/h2-10,21H,11H2,1H3,(H,23,24). The van der Waals surface area contributed by atoms with Crippen LogP contribution in [0.1, 0.15) is 5.69 Å². The van der Waals surface area contributed by atoms with Crippen LogP contribution in [-0.2, 0) is 14.8 Å². The fourth-order valence-corrected chi connectivity index (χ4v) is 3.50. The molecule has 10 heteroatoms. The molecule has 0 spiro atoms. The van der Waals surface area contributed by atoms with Crippen molar-refractivity contribution < 1.29 is 27.4 Å². The van der Waals surface area contributed by atoms with Gasteiger partial charge < -0.3 is 9.84 Å². The average molecular weight is 405 g/mol. The van der Waals surface area contributed by atoms with E-state index in [1.54, 1.807) is 6.92 Å². The number of aliphatic carboxylic acids is 1. The molecule has 0 aliphatic rings. The first kappa shape index (κ1) is 19.4. The molecule has 0 unspecified atom stereocenters. The predicted molar refractivity (Wildman–Crippen MR) is 98.6 cm³/mol. The molecule has 3 aromatic rings. The van der Waals surface area contributed by atoms with E-state index in [1.165, 1.54) is 10.9 Å². The maximum Gasteiger partial charge on any atom is 0.341 e. The van der Waals surface area contributed by atoms with Crippen molar-refractivity contribution >= 4 is 21.7 Å². The summed E-state index contributed by atoms with van der Waals surface area (Å²) in [5.74, 6) is -2.61. The van der Waals surface area contributed by atoms with E-state index in [2.05, 4.69) is 9.82 Å². The topological polar surface area (TPSA) is 111 Å². The van der Waals surface area contributed by atoms with Crippen LogP contribution in [0.5, 0.6) is 5.75 Å². The van der Waals surface area contributed by atoms with Crippen molar-refractivity contribution in [2.24, 2.45) is 0 Å². The molecule has 0 amide bonds. The van der Waals surface area contributed by atoms with Gasteiger partial charge in [-0.25, -0.2) is 22.3 Å². The van der Waals surface area contributed by atoms with E-state index >= 15 is 0 Å². The number of sulfonamides is 1. The number of benzene rings is 2. The van der Waals surface area contributed by atoms with Gasteiger partial charge in [0.1, 0.15) is 0 Å². The number of para-hydroxylation sites is 1. The number of ether oxygens (including phenoxy) is 1. The summed E-state index contributed by atoms with van der Waals surface area (Å²) >= 11 is 0. The van der Waals surface area contributed by atoms with E-state index in [9.17, 15) is 17.6 Å². The molecule has 0 radical (unpaired) electrons. The monoisotopic (exact) mass is 405 g/mol. The zero-order chi connectivity index (χ0) is 20.3. The van der Waals surface area contributed by atoms with Crippen LogP contribution in [-0.4, -0.2) is 35.9 Å².